The monoisotopic (exact) mass is 266 g/mol. The molecule has 0 aromatic heterocycles. The number of carbonyl (C=O) groups excluding carboxylic acids is 1. The highest BCUT2D eigenvalue weighted by Gasteiger charge is 2.26. The summed E-state index contributed by atoms with van der Waals surface area (Å²) in [5.74, 6) is -0.752. The molecule has 1 aliphatic rings. The molecule has 0 aliphatic carbocycles. The third-order valence-corrected chi connectivity index (χ3v) is 3.68. The Hall–Kier alpha value is -1.62. The zero-order valence-electron chi connectivity index (χ0n) is 11.0. The van der Waals surface area contributed by atoms with Crippen molar-refractivity contribution in [2.45, 2.75) is 25.9 Å². The zero-order chi connectivity index (χ0) is 14.0. The number of anilines is 1. The molecule has 1 amide bonds. The fourth-order valence-electron chi connectivity index (χ4n) is 2.59. The molecule has 4 nitrogen and oxygen atoms in total. The van der Waals surface area contributed by atoms with E-state index in [-0.39, 0.29) is 17.6 Å². The van der Waals surface area contributed by atoms with Gasteiger partial charge in [0.15, 0.2) is 0 Å². The van der Waals surface area contributed by atoms with E-state index in [0.717, 1.165) is 0 Å². The van der Waals surface area contributed by atoms with E-state index in [1.165, 1.54) is 6.07 Å². The molecule has 0 unspecified atom stereocenters. The highest BCUT2D eigenvalue weighted by Crippen LogP contribution is 2.32. The summed E-state index contributed by atoms with van der Waals surface area (Å²) in [6.07, 6.45) is 0.533. The van der Waals surface area contributed by atoms with Crippen molar-refractivity contribution in [3.8, 4) is 0 Å². The summed E-state index contributed by atoms with van der Waals surface area (Å²) in [6, 6.07) is 4.71. The van der Waals surface area contributed by atoms with E-state index in [1.54, 1.807) is 19.1 Å². The van der Waals surface area contributed by atoms with E-state index >= 15 is 0 Å². The standard InChI is InChI=1S/C14H19FN2O2/c1-9(18)11-3-2-4-12(15)13(11)17-7-5-10(6-8-17)14(16)19/h2-4,9-10,18H,5-8H2,1H3,(H2,16,19)/t9-/m1/s1. The van der Waals surface area contributed by atoms with E-state index in [0.29, 0.717) is 37.2 Å². The summed E-state index contributed by atoms with van der Waals surface area (Å²) in [6.45, 7) is 2.77. The Kier molecular flexibility index (Phi) is 4.04. The molecule has 19 heavy (non-hydrogen) atoms. The number of amides is 1. The zero-order valence-corrected chi connectivity index (χ0v) is 11.0. The Balaban J connectivity index is 2.22. The first-order chi connectivity index (χ1) is 9.00. The van der Waals surface area contributed by atoms with E-state index < -0.39 is 6.10 Å². The van der Waals surface area contributed by atoms with Crippen LogP contribution in [0.15, 0.2) is 18.2 Å². The Morgan fingerprint density at radius 2 is 2.11 bits per heavy atom. The van der Waals surface area contributed by atoms with E-state index in [2.05, 4.69) is 0 Å². The number of hydrogen-bond acceptors (Lipinski definition) is 3. The minimum atomic E-state index is -0.723. The van der Waals surface area contributed by atoms with E-state index in [9.17, 15) is 14.3 Å². The van der Waals surface area contributed by atoms with Gasteiger partial charge < -0.3 is 15.7 Å². The second-order valence-corrected chi connectivity index (χ2v) is 5.02. The number of hydrogen-bond donors (Lipinski definition) is 2. The van der Waals surface area contributed by atoms with Gasteiger partial charge in [0.2, 0.25) is 5.91 Å². The molecule has 1 fully saturated rings. The smallest absolute Gasteiger partial charge is 0.220 e. The topological polar surface area (TPSA) is 66.6 Å². The highest BCUT2D eigenvalue weighted by molar-refractivity contribution is 5.77. The number of aliphatic hydroxyl groups is 1. The first-order valence-corrected chi connectivity index (χ1v) is 6.51. The van der Waals surface area contributed by atoms with Crippen molar-refractivity contribution in [2.24, 2.45) is 11.7 Å². The van der Waals surface area contributed by atoms with Gasteiger partial charge in [-0.1, -0.05) is 12.1 Å². The summed E-state index contributed by atoms with van der Waals surface area (Å²) in [7, 11) is 0. The molecule has 0 radical (unpaired) electrons. The average Bonchev–Trinajstić information content (AvgIpc) is 2.38. The molecule has 104 valence electrons. The molecule has 0 saturated carbocycles. The number of para-hydroxylation sites is 1. The van der Waals surface area contributed by atoms with Crippen molar-refractivity contribution >= 4 is 11.6 Å². The molecule has 1 aliphatic heterocycles. The first kappa shape index (κ1) is 13.8. The van der Waals surface area contributed by atoms with Gasteiger partial charge in [-0.15, -0.1) is 0 Å². The lowest BCUT2D eigenvalue weighted by molar-refractivity contribution is -0.122. The quantitative estimate of drug-likeness (QED) is 0.873. The van der Waals surface area contributed by atoms with Crippen molar-refractivity contribution < 1.29 is 14.3 Å². The van der Waals surface area contributed by atoms with Crippen LogP contribution in [0.5, 0.6) is 0 Å². The highest BCUT2D eigenvalue weighted by atomic mass is 19.1. The van der Waals surface area contributed by atoms with Crippen LogP contribution in [0.1, 0.15) is 31.4 Å². The van der Waals surface area contributed by atoms with Crippen molar-refractivity contribution in [3.63, 3.8) is 0 Å². The lowest BCUT2D eigenvalue weighted by atomic mass is 9.95. The largest absolute Gasteiger partial charge is 0.389 e. The Bertz CT molecular complexity index is 469. The number of rotatable bonds is 3. The number of piperidine rings is 1. The summed E-state index contributed by atoms with van der Waals surface area (Å²) in [4.78, 5) is 13.0. The molecule has 0 spiro atoms. The van der Waals surface area contributed by atoms with E-state index in [1.807, 2.05) is 4.90 Å². The molecule has 1 atom stereocenters. The van der Waals surface area contributed by atoms with Crippen LogP contribution in [-0.4, -0.2) is 24.1 Å². The maximum absolute atomic E-state index is 14.0. The number of carbonyl (C=O) groups is 1. The van der Waals surface area contributed by atoms with Crippen LogP contribution in [-0.2, 0) is 4.79 Å². The second kappa shape index (κ2) is 5.57. The number of benzene rings is 1. The third kappa shape index (κ3) is 2.87. The van der Waals surface area contributed by atoms with Crippen LogP contribution >= 0.6 is 0 Å². The molecule has 1 heterocycles. The van der Waals surface area contributed by atoms with Gasteiger partial charge in [0, 0.05) is 24.6 Å². The molecular formula is C14H19FN2O2. The number of nitrogens with zero attached hydrogens (tertiary/aromatic N) is 1. The van der Waals surface area contributed by atoms with Crippen molar-refractivity contribution in [3.05, 3.63) is 29.6 Å². The van der Waals surface area contributed by atoms with Crippen LogP contribution in [0.3, 0.4) is 0 Å². The number of aliphatic hydroxyl groups excluding tert-OH is 1. The third-order valence-electron chi connectivity index (χ3n) is 3.68. The Morgan fingerprint density at radius 1 is 1.47 bits per heavy atom. The van der Waals surface area contributed by atoms with Crippen molar-refractivity contribution in [1.29, 1.82) is 0 Å². The van der Waals surface area contributed by atoms with Crippen molar-refractivity contribution in [2.75, 3.05) is 18.0 Å². The summed E-state index contributed by atoms with van der Waals surface area (Å²) >= 11 is 0. The van der Waals surface area contributed by atoms with Crippen LogP contribution < -0.4 is 10.6 Å². The maximum atomic E-state index is 14.0. The van der Waals surface area contributed by atoms with Gasteiger partial charge in [-0.25, -0.2) is 4.39 Å². The van der Waals surface area contributed by atoms with Gasteiger partial charge in [0.05, 0.1) is 11.8 Å². The molecule has 1 aromatic carbocycles. The lowest BCUT2D eigenvalue weighted by Gasteiger charge is -2.34. The molecule has 0 bridgehead atoms. The normalized spacial score (nSPS) is 18.4. The maximum Gasteiger partial charge on any atom is 0.220 e. The van der Waals surface area contributed by atoms with Crippen molar-refractivity contribution in [1.82, 2.24) is 0 Å². The number of halogens is 1. The summed E-state index contributed by atoms with van der Waals surface area (Å²) < 4.78 is 14.0. The van der Waals surface area contributed by atoms with Crippen LogP contribution in [0.4, 0.5) is 10.1 Å². The Labute approximate surface area is 112 Å². The van der Waals surface area contributed by atoms with Crippen LogP contribution in [0, 0.1) is 11.7 Å². The van der Waals surface area contributed by atoms with Crippen LogP contribution in [0.2, 0.25) is 0 Å². The van der Waals surface area contributed by atoms with Gasteiger partial charge in [0.25, 0.3) is 0 Å². The van der Waals surface area contributed by atoms with Crippen LogP contribution in [0.25, 0.3) is 0 Å². The molecule has 2 rings (SSSR count). The van der Waals surface area contributed by atoms with Gasteiger partial charge >= 0.3 is 0 Å². The molecule has 1 saturated heterocycles. The predicted octanol–water partition coefficient (Wildman–Crippen LogP) is 1.58. The lowest BCUT2D eigenvalue weighted by Crippen LogP contribution is -2.39. The fraction of sp³-hybridized carbons (Fsp3) is 0.500. The summed E-state index contributed by atoms with van der Waals surface area (Å²) in [5.41, 5.74) is 6.31. The molecule has 5 heteroatoms. The minimum Gasteiger partial charge on any atom is -0.389 e. The molecule has 1 aromatic rings. The van der Waals surface area contributed by atoms with Gasteiger partial charge in [-0.3, -0.25) is 4.79 Å². The molecular weight excluding hydrogens is 247 g/mol. The Morgan fingerprint density at radius 3 is 2.63 bits per heavy atom. The SMILES string of the molecule is C[C@@H](O)c1cccc(F)c1N1CCC(C(N)=O)CC1. The first-order valence-electron chi connectivity index (χ1n) is 6.51. The summed E-state index contributed by atoms with van der Waals surface area (Å²) in [5, 5.41) is 9.73. The average molecular weight is 266 g/mol. The van der Waals surface area contributed by atoms with E-state index in [4.69, 9.17) is 5.73 Å². The fourth-order valence-corrected chi connectivity index (χ4v) is 2.59. The molecule has 3 N–H and O–H groups in total. The predicted molar refractivity (Wildman–Crippen MR) is 71.2 cm³/mol. The number of nitrogens with two attached hydrogens (primary N) is 1. The number of primary amides is 1. The van der Waals surface area contributed by atoms with Gasteiger partial charge in [-0.05, 0) is 25.8 Å². The second-order valence-electron chi connectivity index (χ2n) is 5.02. The van der Waals surface area contributed by atoms with Gasteiger partial charge in [-0.2, -0.15) is 0 Å². The minimum absolute atomic E-state index is 0.127. The van der Waals surface area contributed by atoms with Gasteiger partial charge in [0.1, 0.15) is 5.82 Å².